The first-order valence-corrected chi connectivity index (χ1v) is 11.0. The second-order valence-electron chi connectivity index (χ2n) is 8.16. The summed E-state index contributed by atoms with van der Waals surface area (Å²) < 4.78 is 39.0. The molecule has 0 bridgehead atoms. The lowest BCUT2D eigenvalue weighted by atomic mass is 10.1. The number of piperazine rings is 1. The van der Waals surface area contributed by atoms with Crippen molar-refractivity contribution in [1.29, 1.82) is 0 Å². The van der Waals surface area contributed by atoms with Gasteiger partial charge in [0.25, 0.3) is 0 Å². The Kier molecular flexibility index (Phi) is 6.79. The molecule has 5 nitrogen and oxygen atoms in total. The summed E-state index contributed by atoms with van der Waals surface area (Å²) in [5.41, 5.74) is 1.95. The zero-order chi connectivity index (χ0) is 22.6. The van der Waals surface area contributed by atoms with E-state index in [0.717, 1.165) is 43.3 Å². The average Bonchev–Trinajstić information content (AvgIpc) is 2.99. The van der Waals surface area contributed by atoms with Crippen LogP contribution in [0.5, 0.6) is 0 Å². The molecule has 0 spiro atoms. The van der Waals surface area contributed by atoms with Gasteiger partial charge in [-0.05, 0) is 36.6 Å². The number of carbonyl (C=O) groups is 1. The van der Waals surface area contributed by atoms with Crippen molar-refractivity contribution in [3.8, 4) is 0 Å². The number of hydrogen-bond acceptors (Lipinski definition) is 4. The highest BCUT2D eigenvalue weighted by atomic mass is 19.4. The second-order valence-corrected chi connectivity index (χ2v) is 8.16. The van der Waals surface area contributed by atoms with E-state index in [4.69, 9.17) is 0 Å². The summed E-state index contributed by atoms with van der Waals surface area (Å²) in [6, 6.07) is 15.4. The first-order valence-electron chi connectivity index (χ1n) is 11.0. The number of hydrazone groups is 1. The highest BCUT2D eigenvalue weighted by molar-refractivity contribution is 6.01. The zero-order valence-corrected chi connectivity index (χ0v) is 17.9. The van der Waals surface area contributed by atoms with Crippen LogP contribution in [0, 0.1) is 0 Å². The Morgan fingerprint density at radius 2 is 1.62 bits per heavy atom. The molecule has 0 aliphatic carbocycles. The van der Waals surface area contributed by atoms with Crippen molar-refractivity contribution in [2.75, 3.05) is 44.2 Å². The quantitative estimate of drug-likeness (QED) is 0.693. The maximum absolute atomic E-state index is 13.0. The van der Waals surface area contributed by atoms with Crippen molar-refractivity contribution in [1.82, 2.24) is 9.91 Å². The number of amides is 1. The van der Waals surface area contributed by atoms with Crippen LogP contribution in [0.25, 0.3) is 0 Å². The molecular formula is C24H27F3N4O. The third-order valence-electron chi connectivity index (χ3n) is 5.98. The fourth-order valence-electron chi connectivity index (χ4n) is 4.14. The summed E-state index contributed by atoms with van der Waals surface area (Å²) in [7, 11) is 0. The van der Waals surface area contributed by atoms with E-state index in [1.165, 1.54) is 12.1 Å². The Balaban J connectivity index is 1.34. The third-order valence-corrected chi connectivity index (χ3v) is 5.98. The van der Waals surface area contributed by atoms with Gasteiger partial charge in [0.2, 0.25) is 5.91 Å². The van der Waals surface area contributed by atoms with Crippen LogP contribution in [0.1, 0.15) is 30.4 Å². The molecule has 0 unspecified atom stereocenters. The fourth-order valence-corrected chi connectivity index (χ4v) is 4.14. The molecule has 2 aliphatic heterocycles. The molecule has 1 amide bonds. The molecular weight excluding hydrogens is 417 g/mol. The average molecular weight is 445 g/mol. The Labute approximate surface area is 186 Å². The molecule has 0 radical (unpaired) electrons. The first-order chi connectivity index (χ1) is 15.4. The van der Waals surface area contributed by atoms with E-state index in [1.807, 2.05) is 35.2 Å². The second kappa shape index (κ2) is 9.73. The molecule has 1 fully saturated rings. The molecule has 32 heavy (non-hydrogen) atoms. The van der Waals surface area contributed by atoms with E-state index in [9.17, 15) is 18.0 Å². The standard InChI is InChI=1S/C24H27F3N4O/c25-24(26,27)20-8-4-9-21(18-20)30-15-12-29(13-16-30)14-17-31-23(32)11-5-10-22(28-31)19-6-2-1-3-7-19/h1-4,6-9,18H,5,10-17H2. The van der Waals surface area contributed by atoms with Crippen LogP contribution in [0.3, 0.4) is 0 Å². The summed E-state index contributed by atoms with van der Waals surface area (Å²) in [6.45, 7) is 3.95. The number of nitrogens with zero attached hydrogens (tertiary/aromatic N) is 4. The molecule has 2 heterocycles. The minimum Gasteiger partial charge on any atom is -0.369 e. The van der Waals surface area contributed by atoms with Crippen LogP contribution in [-0.4, -0.2) is 60.8 Å². The zero-order valence-electron chi connectivity index (χ0n) is 17.9. The normalized spacial score (nSPS) is 18.5. The smallest absolute Gasteiger partial charge is 0.369 e. The predicted octanol–water partition coefficient (Wildman–Crippen LogP) is 4.24. The fraction of sp³-hybridized carbons (Fsp3) is 0.417. The van der Waals surface area contributed by atoms with Crippen molar-refractivity contribution in [2.24, 2.45) is 5.10 Å². The van der Waals surface area contributed by atoms with Crippen LogP contribution in [0.2, 0.25) is 0 Å². The Morgan fingerprint density at radius 1 is 0.875 bits per heavy atom. The van der Waals surface area contributed by atoms with Gasteiger partial charge in [0.05, 0.1) is 17.8 Å². The summed E-state index contributed by atoms with van der Waals surface area (Å²) in [5, 5.41) is 6.26. The lowest BCUT2D eigenvalue weighted by Gasteiger charge is -2.36. The lowest BCUT2D eigenvalue weighted by Crippen LogP contribution is -2.48. The molecule has 4 rings (SSSR count). The van der Waals surface area contributed by atoms with E-state index >= 15 is 0 Å². The Bertz CT molecular complexity index is 953. The molecule has 0 saturated carbocycles. The van der Waals surface area contributed by atoms with E-state index in [0.29, 0.717) is 38.3 Å². The van der Waals surface area contributed by atoms with Crippen molar-refractivity contribution in [3.05, 3.63) is 65.7 Å². The molecule has 8 heteroatoms. The molecule has 170 valence electrons. The minimum atomic E-state index is -4.34. The lowest BCUT2D eigenvalue weighted by molar-refractivity contribution is -0.137. The number of benzene rings is 2. The van der Waals surface area contributed by atoms with Crippen molar-refractivity contribution in [2.45, 2.75) is 25.4 Å². The van der Waals surface area contributed by atoms with Gasteiger partial charge >= 0.3 is 6.18 Å². The van der Waals surface area contributed by atoms with E-state index in [1.54, 1.807) is 11.1 Å². The Morgan fingerprint density at radius 3 is 2.34 bits per heavy atom. The van der Waals surface area contributed by atoms with Crippen LogP contribution in [0.15, 0.2) is 59.7 Å². The highest BCUT2D eigenvalue weighted by Gasteiger charge is 2.31. The molecule has 2 aliphatic rings. The van der Waals surface area contributed by atoms with E-state index < -0.39 is 11.7 Å². The van der Waals surface area contributed by atoms with Gasteiger partial charge in [0.15, 0.2) is 0 Å². The molecule has 1 saturated heterocycles. The summed E-state index contributed by atoms with van der Waals surface area (Å²) in [6.07, 6.45) is -2.28. The molecule has 0 atom stereocenters. The number of rotatable bonds is 5. The summed E-state index contributed by atoms with van der Waals surface area (Å²) >= 11 is 0. The van der Waals surface area contributed by atoms with Gasteiger partial charge in [-0.1, -0.05) is 36.4 Å². The van der Waals surface area contributed by atoms with Gasteiger partial charge in [-0.15, -0.1) is 0 Å². The number of halogens is 3. The minimum absolute atomic E-state index is 0.0403. The largest absolute Gasteiger partial charge is 0.416 e. The third kappa shape index (κ3) is 5.48. The molecule has 0 aromatic heterocycles. The van der Waals surface area contributed by atoms with Crippen molar-refractivity contribution >= 4 is 17.3 Å². The number of carbonyl (C=O) groups excluding carboxylic acids is 1. The number of anilines is 1. The Hall–Kier alpha value is -2.87. The van der Waals surface area contributed by atoms with Crippen molar-refractivity contribution < 1.29 is 18.0 Å². The van der Waals surface area contributed by atoms with Crippen LogP contribution >= 0.6 is 0 Å². The van der Waals surface area contributed by atoms with Gasteiger partial charge in [0.1, 0.15) is 0 Å². The maximum Gasteiger partial charge on any atom is 0.416 e. The first kappa shape index (κ1) is 22.3. The van der Waals surface area contributed by atoms with E-state index in [-0.39, 0.29) is 5.91 Å². The maximum atomic E-state index is 13.0. The van der Waals surface area contributed by atoms with Gasteiger partial charge < -0.3 is 4.90 Å². The predicted molar refractivity (Wildman–Crippen MR) is 119 cm³/mol. The summed E-state index contributed by atoms with van der Waals surface area (Å²) in [5.74, 6) is 0.0403. The SMILES string of the molecule is O=C1CCCC(c2ccccc2)=NN1CCN1CCN(c2cccc(C(F)(F)F)c2)CC1. The van der Waals surface area contributed by atoms with Gasteiger partial charge in [-0.25, -0.2) is 5.01 Å². The number of alkyl halides is 3. The van der Waals surface area contributed by atoms with Crippen LogP contribution in [-0.2, 0) is 11.0 Å². The van der Waals surface area contributed by atoms with Gasteiger partial charge in [0, 0.05) is 44.8 Å². The summed E-state index contributed by atoms with van der Waals surface area (Å²) in [4.78, 5) is 16.7. The van der Waals surface area contributed by atoms with Gasteiger partial charge in [-0.2, -0.15) is 18.3 Å². The van der Waals surface area contributed by atoms with E-state index in [2.05, 4.69) is 10.0 Å². The van der Waals surface area contributed by atoms with Gasteiger partial charge in [-0.3, -0.25) is 9.69 Å². The molecule has 0 N–H and O–H groups in total. The number of hydrogen-bond donors (Lipinski definition) is 0. The topological polar surface area (TPSA) is 39.2 Å². The highest BCUT2D eigenvalue weighted by Crippen LogP contribution is 2.31. The van der Waals surface area contributed by atoms with Crippen LogP contribution in [0.4, 0.5) is 18.9 Å². The van der Waals surface area contributed by atoms with Crippen LogP contribution < -0.4 is 4.90 Å². The monoisotopic (exact) mass is 444 g/mol. The van der Waals surface area contributed by atoms with Crippen molar-refractivity contribution in [3.63, 3.8) is 0 Å². The molecule has 2 aromatic carbocycles. The molecule has 2 aromatic rings.